The van der Waals surface area contributed by atoms with Gasteiger partial charge in [-0.05, 0) is 73.9 Å². The van der Waals surface area contributed by atoms with E-state index < -0.39 is 53.4 Å². The van der Waals surface area contributed by atoms with E-state index in [9.17, 15) is 45.8 Å². The Kier molecular flexibility index (Phi) is 9.20. The quantitative estimate of drug-likeness (QED) is 0.425. The third-order valence-corrected chi connectivity index (χ3v) is 9.53. The van der Waals surface area contributed by atoms with Crippen molar-refractivity contribution in [2.75, 3.05) is 33.2 Å². The van der Waals surface area contributed by atoms with Crippen LogP contribution in [0.4, 0.5) is 26.3 Å². The predicted molar refractivity (Wildman–Crippen MR) is 155 cm³/mol. The van der Waals surface area contributed by atoms with Gasteiger partial charge in [0.15, 0.2) is 0 Å². The number of carbonyl (C=O) groups excluding carboxylic acids is 3. The van der Waals surface area contributed by atoms with Crippen LogP contribution in [0.1, 0.15) is 65.8 Å². The second-order valence-electron chi connectivity index (χ2n) is 12.8. The van der Waals surface area contributed by atoms with E-state index in [4.69, 9.17) is 0 Å². The topological polar surface area (TPSA) is 81.2 Å². The average molecular weight is 654 g/mol. The number of nitrogens with zero attached hydrogens (tertiary/aromatic N) is 3. The minimum atomic E-state index is -5.00. The normalized spacial score (nSPS) is 22.0. The highest BCUT2D eigenvalue weighted by atomic mass is 19.4. The summed E-state index contributed by atoms with van der Waals surface area (Å²) in [5.41, 5.74) is -2.72. The van der Waals surface area contributed by atoms with Crippen molar-refractivity contribution in [3.63, 3.8) is 0 Å². The maximum Gasteiger partial charge on any atom is 0.416 e. The number of benzene rings is 2. The van der Waals surface area contributed by atoms with Gasteiger partial charge in [0, 0.05) is 57.5 Å². The van der Waals surface area contributed by atoms with Crippen molar-refractivity contribution in [2.24, 2.45) is 11.8 Å². The number of alkyl halides is 6. The van der Waals surface area contributed by atoms with E-state index in [2.05, 4.69) is 0 Å². The number of carbonyl (C=O) groups is 3. The van der Waals surface area contributed by atoms with E-state index >= 15 is 0 Å². The number of rotatable bonds is 6. The van der Waals surface area contributed by atoms with Crippen molar-refractivity contribution in [2.45, 2.75) is 69.4 Å². The molecular weight excluding hydrogens is 616 g/mol. The molecule has 2 heterocycles. The van der Waals surface area contributed by atoms with Crippen LogP contribution in [0.2, 0.25) is 0 Å². The summed E-state index contributed by atoms with van der Waals surface area (Å²) in [6, 6.07) is 8.71. The maximum atomic E-state index is 13.8. The van der Waals surface area contributed by atoms with Gasteiger partial charge in [-0.3, -0.25) is 14.4 Å². The summed E-state index contributed by atoms with van der Waals surface area (Å²) >= 11 is 0. The Labute approximate surface area is 263 Å². The first-order valence-electron chi connectivity index (χ1n) is 15.4. The Morgan fingerprint density at radius 3 is 2.00 bits per heavy atom. The summed E-state index contributed by atoms with van der Waals surface area (Å²) in [7, 11) is 1.36. The summed E-state index contributed by atoms with van der Waals surface area (Å²) < 4.78 is 80.6. The maximum absolute atomic E-state index is 13.8. The van der Waals surface area contributed by atoms with Gasteiger partial charge < -0.3 is 19.8 Å². The van der Waals surface area contributed by atoms with Crippen molar-refractivity contribution in [3.8, 4) is 0 Å². The zero-order valence-electron chi connectivity index (χ0n) is 25.6. The molecule has 0 aromatic heterocycles. The first kappa shape index (κ1) is 33.7. The number of aliphatic hydroxyl groups is 1. The van der Waals surface area contributed by atoms with E-state index in [0.717, 1.165) is 16.0 Å². The van der Waals surface area contributed by atoms with Crippen LogP contribution in [0, 0.1) is 18.8 Å². The fourth-order valence-corrected chi connectivity index (χ4v) is 6.73. The lowest BCUT2D eigenvalue weighted by molar-refractivity contribution is -0.148. The van der Waals surface area contributed by atoms with E-state index in [-0.39, 0.29) is 48.9 Å². The molecule has 1 aliphatic carbocycles. The van der Waals surface area contributed by atoms with Gasteiger partial charge in [0.25, 0.3) is 5.91 Å². The summed E-state index contributed by atoms with van der Waals surface area (Å²) in [6.45, 7) is 2.62. The van der Waals surface area contributed by atoms with E-state index in [1.165, 1.54) is 7.05 Å². The van der Waals surface area contributed by atoms with E-state index in [1.807, 2.05) is 31.2 Å². The first-order valence-corrected chi connectivity index (χ1v) is 15.4. The van der Waals surface area contributed by atoms with Gasteiger partial charge in [-0.2, -0.15) is 26.3 Å². The molecule has 250 valence electrons. The van der Waals surface area contributed by atoms with Crippen LogP contribution in [0.25, 0.3) is 0 Å². The van der Waals surface area contributed by atoms with E-state index in [0.29, 0.717) is 50.9 Å². The third kappa shape index (κ3) is 7.19. The molecule has 0 radical (unpaired) electrons. The smallest absolute Gasteiger partial charge is 0.380 e. The predicted octanol–water partition coefficient (Wildman–Crippen LogP) is 5.39. The van der Waals surface area contributed by atoms with Crippen LogP contribution in [0.3, 0.4) is 0 Å². The van der Waals surface area contributed by atoms with Crippen LogP contribution in [-0.2, 0) is 33.3 Å². The summed E-state index contributed by atoms with van der Waals surface area (Å²) in [4.78, 5) is 44.5. The fourth-order valence-electron chi connectivity index (χ4n) is 6.73. The van der Waals surface area contributed by atoms with Gasteiger partial charge in [-0.25, -0.2) is 0 Å². The summed E-state index contributed by atoms with van der Waals surface area (Å²) in [6.07, 6.45) is -7.95. The number of piperidine rings is 2. The second-order valence-corrected chi connectivity index (χ2v) is 12.8. The van der Waals surface area contributed by atoms with Gasteiger partial charge in [-0.15, -0.1) is 0 Å². The molecule has 7 nitrogen and oxygen atoms in total. The second kappa shape index (κ2) is 12.5. The number of aryl methyl sites for hydroxylation is 1. The SMILES string of the molecule is Cc1ccccc1[C@@H]1CN(C(=O)C2CCN(C(=O)C3(O)CC3)CC2)CC[C@H]1C(=O)N(C)Cc1cc(C(F)(F)F)cc(C(F)(F)F)c1. The Balaban J connectivity index is 1.32. The Hall–Kier alpha value is -3.61. The minimum absolute atomic E-state index is 0.0597. The van der Waals surface area contributed by atoms with Crippen molar-refractivity contribution < 1.29 is 45.8 Å². The standard InChI is InChI=1S/C33H37F6N3O4/c1-20-5-3-4-6-25(20)27-19-42(28(43)22-7-12-41(13-8-22)30(45)31(46)10-11-31)14-9-26(27)29(44)40(2)18-21-15-23(32(34,35)36)17-24(16-21)33(37,38)39/h3-6,15-17,22,26-27,46H,7-14,18-19H2,1-2H3/t26-,27+/m1/s1. The van der Waals surface area contributed by atoms with E-state index in [1.54, 1.807) is 9.80 Å². The van der Waals surface area contributed by atoms with Crippen LogP contribution in [0.15, 0.2) is 42.5 Å². The van der Waals surface area contributed by atoms with Crippen molar-refractivity contribution in [1.82, 2.24) is 14.7 Å². The Bertz CT molecular complexity index is 1450. The molecule has 1 N–H and O–H groups in total. The molecule has 13 heteroatoms. The van der Waals surface area contributed by atoms with Crippen LogP contribution in [0.5, 0.6) is 0 Å². The molecule has 46 heavy (non-hydrogen) atoms. The zero-order valence-corrected chi connectivity index (χ0v) is 25.6. The van der Waals surface area contributed by atoms with Crippen LogP contribution < -0.4 is 0 Å². The van der Waals surface area contributed by atoms with Crippen molar-refractivity contribution >= 4 is 17.7 Å². The minimum Gasteiger partial charge on any atom is -0.380 e. The molecule has 0 bridgehead atoms. The molecule has 5 rings (SSSR count). The summed E-state index contributed by atoms with van der Waals surface area (Å²) in [5.74, 6) is -2.25. The molecule has 0 spiro atoms. The average Bonchev–Trinajstić information content (AvgIpc) is 3.77. The van der Waals surface area contributed by atoms with Crippen LogP contribution in [-0.4, -0.2) is 76.4 Å². The number of halogens is 6. The molecule has 3 fully saturated rings. The largest absolute Gasteiger partial charge is 0.416 e. The van der Waals surface area contributed by atoms with Crippen LogP contribution >= 0.6 is 0 Å². The van der Waals surface area contributed by atoms with Gasteiger partial charge in [-0.1, -0.05) is 24.3 Å². The number of hydrogen-bond acceptors (Lipinski definition) is 4. The number of hydrogen-bond donors (Lipinski definition) is 1. The van der Waals surface area contributed by atoms with Gasteiger partial charge in [0.1, 0.15) is 5.60 Å². The number of amides is 3. The van der Waals surface area contributed by atoms with Crippen molar-refractivity contribution in [1.29, 1.82) is 0 Å². The molecular formula is C33H37F6N3O4. The van der Waals surface area contributed by atoms with Crippen molar-refractivity contribution in [3.05, 3.63) is 70.3 Å². The highest BCUT2D eigenvalue weighted by Crippen LogP contribution is 2.40. The van der Waals surface area contributed by atoms with Gasteiger partial charge >= 0.3 is 12.4 Å². The first-order chi connectivity index (χ1) is 21.5. The molecule has 2 aromatic carbocycles. The van der Waals surface area contributed by atoms with Gasteiger partial charge in [0.2, 0.25) is 11.8 Å². The lowest BCUT2D eigenvalue weighted by atomic mass is 9.77. The Morgan fingerprint density at radius 1 is 0.891 bits per heavy atom. The molecule has 3 aliphatic rings. The fraction of sp³-hybridized carbons (Fsp3) is 0.545. The molecule has 1 saturated carbocycles. The molecule has 0 unspecified atom stereocenters. The highest BCUT2D eigenvalue weighted by molar-refractivity contribution is 5.88. The molecule has 2 saturated heterocycles. The molecule has 2 atom stereocenters. The lowest BCUT2D eigenvalue weighted by Crippen LogP contribution is -2.51. The molecule has 2 aromatic rings. The third-order valence-electron chi connectivity index (χ3n) is 9.53. The molecule has 2 aliphatic heterocycles. The Morgan fingerprint density at radius 2 is 1.46 bits per heavy atom. The zero-order chi connectivity index (χ0) is 33.6. The lowest BCUT2D eigenvalue weighted by Gasteiger charge is -2.42. The highest BCUT2D eigenvalue weighted by Gasteiger charge is 2.51. The van der Waals surface area contributed by atoms with Gasteiger partial charge in [0.05, 0.1) is 11.1 Å². The monoisotopic (exact) mass is 653 g/mol. The number of likely N-dealkylation sites (tertiary alicyclic amines) is 2. The molecule has 3 amide bonds. The summed E-state index contributed by atoms with van der Waals surface area (Å²) in [5, 5.41) is 10.2.